The van der Waals surface area contributed by atoms with Crippen molar-refractivity contribution >= 4 is 11.8 Å². The molecule has 5 rings (SSSR count). The van der Waals surface area contributed by atoms with E-state index in [1.807, 2.05) is 0 Å². The molecule has 5 aliphatic rings. The molecule has 5 aliphatic carbocycles. The van der Waals surface area contributed by atoms with Gasteiger partial charge in [0, 0.05) is 18.4 Å². The monoisotopic (exact) mass is 305 g/mol. The summed E-state index contributed by atoms with van der Waals surface area (Å²) < 4.78 is 5.11. The largest absolute Gasteiger partial charge is 0.469 e. The lowest BCUT2D eigenvalue weighted by Crippen LogP contribution is -2.54. The number of nitrogens with two attached hydrogens (primary N) is 1. The summed E-state index contributed by atoms with van der Waals surface area (Å²) in [5.41, 5.74) is 5.42. The van der Waals surface area contributed by atoms with Crippen LogP contribution in [0.15, 0.2) is 0 Å². The standard InChI is InChI=1S/C18H27NO3/c1-22-16(21)18-7-11-4-12(8-18)14(13(5-11)9-18)6-15(20)17(10-19)2-3-17/h11-14H,2-10,19H2,1H3. The second-order valence-electron chi connectivity index (χ2n) is 8.52. The predicted molar refractivity (Wildman–Crippen MR) is 81.8 cm³/mol. The Hall–Kier alpha value is -0.900. The molecule has 4 nitrogen and oxygen atoms in total. The molecule has 4 bridgehead atoms. The van der Waals surface area contributed by atoms with E-state index in [0.717, 1.165) is 32.1 Å². The highest BCUT2D eigenvalue weighted by Crippen LogP contribution is 2.63. The normalized spacial score (nSPS) is 43.9. The molecule has 5 fully saturated rings. The number of Topliss-reactive ketones (excluding diaryl/α,β-unsaturated/α-hetero) is 1. The molecule has 0 amide bonds. The van der Waals surface area contributed by atoms with E-state index in [4.69, 9.17) is 10.5 Å². The fourth-order valence-corrected chi connectivity index (χ4v) is 6.11. The number of hydrogen-bond acceptors (Lipinski definition) is 4. The molecule has 0 saturated heterocycles. The number of ether oxygens (including phenoxy) is 1. The van der Waals surface area contributed by atoms with Crippen molar-refractivity contribution in [1.82, 2.24) is 0 Å². The Morgan fingerprint density at radius 1 is 1.14 bits per heavy atom. The zero-order valence-electron chi connectivity index (χ0n) is 13.5. The van der Waals surface area contributed by atoms with Gasteiger partial charge in [0.2, 0.25) is 0 Å². The predicted octanol–water partition coefficient (Wildman–Crippen LogP) is 2.30. The maximum Gasteiger partial charge on any atom is 0.311 e. The summed E-state index contributed by atoms with van der Waals surface area (Å²) in [7, 11) is 1.51. The highest BCUT2D eigenvalue weighted by atomic mass is 16.5. The van der Waals surface area contributed by atoms with Crippen LogP contribution in [0.3, 0.4) is 0 Å². The van der Waals surface area contributed by atoms with E-state index in [2.05, 4.69) is 0 Å². The Labute approximate surface area is 132 Å². The van der Waals surface area contributed by atoms with E-state index in [1.54, 1.807) is 0 Å². The number of ketones is 1. The van der Waals surface area contributed by atoms with Crippen molar-refractivity contribution in [2.24, 2.45) is 40.2 Å². The minimum absolute atomic E-state index is 0.00250. The van der Waals surface area contributed by atoms with Crippen molar-refractivity contribution in [2.45, 2.75) is 51.4 Å². The van der Waals surface area contributed by atoms with Gasteiger partial charge in [-0.25, -0.2) is 0 Å². The second kappa shape index (κ2) is 4.80. The summed E-state index contributed by atoms with van der Waals surface area (Å²) in [6, 6.07) is 0. The molecule has 4 heteroatoms. The lowest BCUT2D eigenvalue weighted by atomic mass is 9.45. The molecule has 0 heterocycles. The van der Waals surface area contributed by atoms with E-state index in [9.17, 15) is 9.59 Å². The van der Waals surface area contributed by atoms with Crippen LogP contribution in [0.1, 0.15) is 51.4 Å². The Kier molecular flexibility index (Phi) is 3.20. The van der Waals surface area contributed by atoms with Gasteiger partial charge >= 0.3 is 5.97 Å². The first-order chi connectivity index (χ1) is 10.5. The third kappa shape index (κ3) is 1.99. The minimum atomic E-state index is -0.226. The van der Waals surface area contributed by atoms with Crippen molar-refractivity contribution in [2.75, 3.05) is 13.7 Å². The lowest BCUT2D eigenvalue weighted by molar-refractivity contribution is -0.175. The van der Waals surface area contributed by atoms with Crippen LogP contribution >= 0.6 is 0 Å². The van der Waals surface area contributed by atoms with E-state index in [-0.39, 0.29) is 16.8 Å². The van der Waals surface area contributed by atoms with Crippen molar-refractivity contribution in [3.05, 3.63) is 0 Å². The van der Waals surface area contributed by atoms with Crippen LogP contribution in [0, 0.1) is 34.5 Å². The van der Waals surface area contributed by atoms with Gasteiger partial charge in [0.25, 0.3) is 0 Å². The topological polar surface area (TPSA) is 69.4 Å². The molecule has 0 radical (unpaired) electrons. The molecule has 122 valence electrons. The van der Waals surface area contributed by atoms with Crippen LogP contribution in [-0.4, -0.2) is 25.4 Å². The average molecular weight is 305 g/mol. The van der Waals surface area contributed by atoms with Crippen molar-refractivity contribution in [3.63, 3.8) is 0 Å². The molecule has 2 N–H and O–H groups in total. The zero-order valence-corrected chi connectivity index (χ0v) is 13.5. The lowest BCUT2D eigenvalue weighted by Gasteiger charge is -2.58. The Balaban J connectivity index is 1.51. The highest BCUT2D eigenvalue weighted by Gasteiger charge is 2.60. The molecule has 2 unspecified atom stereocenters. The summed E-state index contributed by atoms with van der Waals surface area (Å²) in [5, 5.41) is 0. The van der Waals surface area contributed by atoms with E-state index < -0.39 is 0 Å². The molecule has 0 aromatic rings. The van der Waals surface area contributed by atoms with Crippen molar-refractivity contribution in [3.8, 4) is 0 Å². The molecule has 0 aromatic heterocycles. The second-order valence-corrected chi connectivity index (χ2v) is 8.52. The number of methoxy groups -OCH3 is 1. The Bertz CT molecular complexity index is 494. The minimum Gasteiger partial charge on any atom is -0.469 e. The SMILES string of the molecule is COC(=O)C12CC3CC(C1)C(CC(=O)C1(CN)CC1)C(C3)C2. The number of rotatable bonds is 5. The third-order valence-corrected chi connectivity index (χ3v) is 7.34. The number of carbonyl (C=O) groups excluding carboxylic acids is 2. The Morgan fingerprint density at radius 2 is 1.77 bits per heavy atom. The van der Waals surface area contributed by atoms with Crippen LogP contribution in [0.25, 0.3) is 0 Å². The smallest absolute Gasteiger partial charge is 0.311 e. The molecular weight excluding hydrogens is 278 g/mol. The number of esters is 1. The fraction of sp³-hybridized carbons (Fsp3) is 0.889. The molecular formula is C18H27NO3. The first-order valence-corrected chi connectivity index (χ1v) is 8.84. The highest BCUT2D eigenvalue weighted by molar-refractivity contribution is 5.88. The summed E-state index contributed by atoms with van der Waals surface area (Å²) in [6.45, 7) is 0.516. The van der Waals surface area contributed by atoms with Gasteiger partial charge in [-0.1, -0.05) is 0 Å². The number of hydrogen-bond donors (Lipinski definition) is 1. The summed E-state index contributed by atoms with van der Waals surface area (Å²) in [4.78, 5) is 25.0. The Morgan fingerprint density at radius 3 is 2.27 bits per heavy atom. The average Bonchev–Trinajstić information content (AvgIpc) is 3.30. The van der Waals surface area contributed by atoms with Gasteiger partial charge < -0.3 is 10.5 Å². The summed E-state index contributed by atoms with van der Waals surface area (Å²) in [5.74, 6) is 2.65. The first-order valence-electron chi connectivity index (χ1n) is 8.84. The maximum absolute atomic E-state index is 12.6. The van der Waals surface area contributed by atoms with Crippen LogP contribution < -0.4 is 5.73 Å². The quantitative estimate of drug-likeness (QED) is 0.791. The van der Waals surface area contributed by atoms with Crippen LogP contribution in [0.4, 0.5) is 0 Å². The first kappa shape index (κ1) is 14.7. The molecule has 0 spiro atoms. The van der Waals surface area contributed by atoms with Crippen LogP contribution in [0.5, 0.6) is 0 Å². The van der Waals surface area contributed by atoms with Crippen molar-refractivity contribution < 1.29 is 14.3 Å². The van der Waals surface area contributed by atoms with Crippen molar-refractivity contribution in [1.29, 1.82) is 0 Å². The van der Waals surface area contributed by atoms with Crippen LogP contribution in [-0.2, 0) is 14.3 Å². The van der Waals surface area contributed by atoms with Gasteiger partial charge in [-0.05, 0) is 68.6 Å². The third-order valence-electron chi connectivity index (χ3n) is 7.34. The molecule has 0 aromatic carbocycles. The molecule has 5 saturated carbocycles. The molecule has 0 aliphatic heterocycles. The van der Waals surface area contributed by atoms with Gasteiger partial charge in [0.1, 0.15) is 5.78 Å². The molecule has 22 heavy (non-hydrogen) atoms. The van der Waals surface area contributed by atoms with E-state index in [1.165, 1.54) is 20.0 Å². The van der Waals surface area contributed by atoms with Gasteiger partial charge in [0.05, 0.1) is 12.5 Å². The van der Waals surface area contributed by atoms with E-state index >= 15 is 0 Å². The van der Waals surface area contributed by atoms with Crippen LogP contribution in [0.2, 0.25) is 0 Å². The summed E-state index contributed by atoms with van der Waals surface area (Å²) >= 11 is 0. The number of carbonyl (C=O) groups is 2. The van der Waals surface area contributed by atoms with Gasteiger partial charge in [-0.3, -0.25) is 9.59 Å². The maximum atomic E-state index is 12.6. The van der Waals surface area contributed by atoms with Gasteiger partial charge in [-0.15, -0.1) is 0 Å². The van der Waals surface area contributed by atoms with Gasteiger partial charge in [0.15, 0.2) is 0 Å². The van der Waals surface area contributed by atoms with E-state index in [0.29, 0.717) is 42.4 Å². The fourth-order valence-electron chi connectivity index (χ4n) is 6.11. The summed E-state index contributed by atoms with van der Waals surface area (Å²) in [6.07, 6.45) is 8.00. The molecule has 2 atom stereocenters. The van der Waals surface area contributed by atoms with Gasteiger partial charge in [-0.2, -0.15) is 0 Å². The zero-order chi connectivity index (χ0) is 15.5.